The number of pyridine rings is 1. The van der Waals surface area contributed by atoms with Gasteiger partial charge in [-0.1, -0.05) is 6.07 Å². The second kappa shape index (κ2) is 13.5. The maximum Gasteiger partial charge on any atom is 0.391 e. The van der Waals surface area contributed by atoms with Crippen LogP contribution in [-0.4, -0.2) is 61.8 Å². The molecule has 0 spiro atoms. The van der Waals surface area contributed by atoms with E-state index in [-0.39, 0.29) is 44.1 Å². The Hall–Kier alpha value is -4.50. The van der Waals surface area contributed by atoms with E-state index >= 15 is 4.39 Å². The molecular weight excluding hydrogens is 654 g/mol. The van der Waals surface area contributed by atoms with Crippen LogP contribution in [0.3, 0.4) is 0 Å². The van der Waals surface area contributed by atoms with Gasteiger partial charge in [0, 0.05) is 60.7 Å². The topological polar surface area (TPSA) is 107 Å². The van der Waals surface area contributed by atoms with Crippen LogP contribution in [0.4, 0.5) is 23.4 Å². The van der Waals surface area contributed by atoms with E-state index in [1.54, 1.807) is 36.4 Å². The number of benzene rings is 2. The Kier molecular flexibility index (Phi) is 9.43. The lowest BCUT2D eigenvalue weighted by Crippen LogP contribution is -2.44. The van der Waals surface area contributed by atoms with Gasteiger partial charge in [0.05, 0.1) is 45.0 Å². The number of methoxy groups -OCH3 is 2. The first kappa shape index (κ1) is 33.4. The Labute approximate surface area is 275 Å². The summed E-state index contributed by atoms with van der Waals surface area (Å²) < 4.78 is 104. The van der Waals surface area contributed by atoms with Crippen molar-refractivity contribution in [3.63, 3.8) is 0 Å². The molecule has 0 saturated carbocycles. The fourth-order valence-electron chi connectivity index (χ4n) is 6.41. The second-order valence-electron chi connectivity index (χ2n) is 11.5. The minimum atomic E-state index is -4.62. The molecule has 1 unspecified atom stereocenters. The summed E-state index contributed by atoms with van der Waals surface area (Å²) in [5.74, 6) is -1.59. The van der Waals surface area contributed by atoms with Gasteiger partial charge in [-0.25, -0.2) is 27.1 Å². The third-order valence-corrected chi connectivity index (χ3v) is 10.6. The molecule has 0 amide bonds. The second-order valence-corrected chi connectivity index (χ2v) is 13.3. The van der Waals surface area contributed by atoms with Crippen molar-refractivity contribution in [1.82, 2.24) is 19.9 Å². The van der Waals surface area contributed by atoms with Crippen LogP contribution in [0.15, 0.2) is 78.2 Å². The molecule has 254 valence electrons. The highest BCUT2D eigenvalue weighted by Crippen LogP contribution is 2.48. The highest BCUT2D eigenvalue weighted by Gasteiger charge is 2.47. The molecule has 3 atom stereocenters. The summed E-state index contributed by atoms with van der Waals surface area (Å²) >= 11 is 0. The molecule has 0 radical (unpaired) electrons. The molecule has 4 aromatic rings. The maximum atomic E-state index is 16.2. The number of aromatic nitrogens is 3. The number of anilines is 1. The van der Waals surface area contributed by atoms with Gasteiger partial charge < -0.3 is 14.2 Å². The zero-order valence-electron chi connectivity index (χ0n) is 26.1. The van der Waals surface area contributed by atoms with E-state index in [0.29, 0.717) is 34.7 Å². The normalized spacial score (nSPS) is 20.0. The Morgan fingerprint density at radius 3 is 2.52 bits per heavy atom. The number of rotatable bonds is 9. The summed E-state index contributed by atoms with van der Waals surface area (Å²) in [6.45, 7) is -0.0373. The third kappa shape index (κ3) is 6.61. The first-order valence-corrected chi connectivity index (χ1v) is 16.6. The van der Waals surface area contributed by atoms with Crippen LogP contribution < -0.4 is 18.5 Å². The van der Waals surface area contributed by atoms with Crippen LogP contribution in [0.5, 0.6) is 17.2 Å². The number of hydrogen-bond donors (Lipinski definition) is 0. The zero-order chi connectivity index (χ0) is 34.1. The summed E-state index contributed by atoms with van der Waals surface area (Å²) in [6.07, 6.45) is -0.254. The number of likely N-dealkylation sites (tertiary alicyclic amines) is 1. The number of fused-ring (bicyclic) bond motifs is 1. The molecule has 0 aliphatic carbocycles. The zero-order valence-corrected chi connectivity index (χ0v) is 26.9. The molecule has 0 N–H and O–H groups in total. The monoisotopic (exact) mass is 687 g/mol. The van der Waals surface area contributed by atoms with Crippen molar-refractivity contribution in [2.24, 2.45) is 5.92 Å². The predicted octanol–water partition coefficient (Wildman–Crippen LogP) is 6.26. The summed E-state index contributed by atoms with van der Waals surface area (Å²) in [7, 11) is -1.70. The quantitative estimate of drug-likeness (QED) is 0.189. The average Bonchev–Trinajstić information content (AvgIpc) is 3.10. The molecular formula is C33H33F4N5O5S. The SMILES string of the molecule is COc1ccc(CN(c2ccncn2)S(=O)(=O)c2cc3c(cc2F)[C@@H](N2CCC(C(F)(F)F)C[C@H]2c2ccccn2)CCO3)c(OC)c1. The van der Waals surface area contributed by atoms with Gasteiger partial charge in [-0.2, -0.15) is 13.2 Å². The van der Waals surface area contributed by atoms with Crippen LogP contribution in [-0.2, 0) is 16.6 Å². The van der Waals surface area contributed by atoms with Crippen molar-refractivity contribution in [2.45, 2.75) is 49.0 Å². The van der Waals surface area contributed by atoms with E-state index in [4.69, 9.17) is 14.2 Å². The van der Waals surface area contributed by atoms with Gasteiger partial charge in [-0.15, -0.1) is 0 Å². The molecule has 10 nitrogen and oxygen atoms in total. The van der Waals surface area contributed by atoms with Gasteiger partial charge in [0.15, 0.2) is 0 Å². The van der Waals surface area contributed by atoms with E-state index in [9.17, 15) is 21.6 Å². The van der Waals surface area contributed by atoms with Crippen LogP contribution in [0.1, 0.15) is 48.2 Å². The number of ether oxygens (including phenoxy) is 3. The van der Waals surface area contributed by atoms with Gasteiger partial charge in [-0.3, -0.25) is 9.88 Å². The van der Waals surface area contributed by atoms with Crippen molar-refractivity contribution in [1.29, 1.82) is 0 Å². The molecule has 0 bridgehead atoms. The first-order valence-electron chi connectivity index (χ1n) is 15.2. The minimum Gasteiger partial charge on any atom is -0.497 e. The molecule has 48 heavy (non-hydrogen) atoms. The standard InChI is InChI=1S/C33H33F4N5O5S/c1-45-23-7-6-21(29(16-23)46-2)19-42(32-8-12-38-20-40-32)48(43,44)31-18-30-24(17-25(31)34)27(10-14-47-30)41-13-9-22(33(35,36)37)15-28(41)26-5-3-4-11-39-26/h3-8,11-12,16-18,20,22,27-28H,9-10,13-15,19H2,1-2H3/t22?,27-,28-/m0/s1. The Morgan fingerprint density at radius 2 is 1.83 bits per heavy atom. The van der Waals surface area contributed by atoms with Gasteiger partial charge in [0.1, 0.15) is 40.1 Å². The number of sulfonamides is 1. The van der Waals surface area contributed by atoms with Crippen LogP contribution >= 0.6 is 0 Å². The van der Waals surface area contributed by atoms with E-state index in [0.717, 1.165) is 16.4 Å². The van der Waals surface area contributed by atoms with Crippen LogP contribution in [0.2, 0.25) is 0 Å². The summed E-state index contributed by atoms with van der Waals surface area (Å²) in [6, 6.07) is 12.4. The van der Waals surface area contributed by atoms with E-state index in [1.165, 1.54) is 39.0 Å². The van der Waals surface area contributed by atoms with Crippen molar-refractivity contribution in [3.8, 4) is 17.2 Å². The van der Waals surface area contributed by atoms with Crippen LogP contribution in [0.25, 0.3) is 0 Å². The molecule has 2 aliphatic rings. The lowest BCUT2D eigenvalue weighted by atomic mass is 9.85. The minimum absolute atomic E-state index is 0.00970. The Morgan fingerprint density at radius 1 is 1.00 bits per heavy atom. The van der Waals surface area contributed by atoms with E-state index < -0.39 is 44.9 Å². The van der Waals surface area contributed by atoms with Crippen molar-refractivity contribution >= 4 is 15.8 Å². The largest absolute Gasteiger partial charge is 0.497 e. The smallest absolute Gasteiger partial charge is 0.391 e. The molecule has 6 rings (SSSR count). The summed E-state index contributed by atoms with van der Waals surface area (Å²) in [4.78, 5) is 13.6. The predicted molar refractivity (Wildman–Crippen MR) is 167 cm³/mol. The van der Waals surface area contributed by atoms with Gasteiger partial charge >= 0.3 is 6.18 Å². The average molecular weight is 688 g/mol. The van der Waals surface area contributed by atoms with Gasteiger partial charge in [0.25, 0.3) is 10.0 Å². The molecule has 15 heteroatoms. The van der Waals surface area contributed by atoms with E-state index in [1.807, 2.05) is 4.90 Å². The molecule has 1 saturated heterocycles. The lowest BCUT2D eigenvalue weighted by Gasteiger charge is -2.45. The number of halogens is 4. The fourth-order valence-corrected chi connectivity index (χ4v) is 7.87. The number of alkyl halides is 3. The number of hydrogen-bond acceptors (Lipinski definition) is 9. The third-order valence-electron chi connectivity index (χ3n) is 8.81. The molecule has 4 heterocycles. The number of piperidine rings is 1. The molecule has 2 aromatic heterocycles. The molecule has 2 aliphatic heterocycles. The van der Waals surface area contributed by atoms with Crippen molar-refractivity contribution < 1.29 is 40.2 Å². The van der Waals surface area contributed by atoms with Crippen molar-refractivity contribution in [2.75, 3.05) is 31.7 Å². The van der Waals surface area contributed by atoms with Gasteiger partial charge in [-0.05, 0) is 43.2 Å². The fraction of sp³-hybridized carbons (Fsp3) is 0.364. The Bertz CT molecular complexity index is 1850. The van der Waals surface area contributed by atoms with E-state index in [2.05, 4.69) is 15.0 Å². The Balaban J connectivity index is 1.38. The van der Waals surface area contributed by atoms with Crippen LogP contribution in [0, 0.1) is 11.7 Å². The summed E-state index contributed by atoms with van der Waals surface area (Å²) in [5, 5.41) is 0. The maximum absolute atomic E-state index is 16.2. The molecule has 2 aromatic carbocycles. The number of nitrogens with zero attached hydrogens (tertiary/aromatic N) is 5. The first-order chi connectivity index (χ1) is 23.0. The highest BCUT2D eigenvalue weighted by atomic mass is 32.2. The van der Waals surface area contributed by atoms with Gasteiger partial charge in [0.2, 0.25) is 0 Å². The van der Waals surface area contributed by atoms with Crippen molar-refractivity contribution in [3.05, 3.63) is 96.0 Å². The summed E-state index contributed by atoms with van der Waals surface area (Å²) in [5.41, 5.74) is 1.29. The highest BCUT2D eigenvalue weighted by molar-refractivity contribution is 7.92. The molecule has 1 fully saturated rings. The lowest BCUT2D eigenvalue weighted by molar-refractivity contribution is -0.192.